The molecule has 31 heavy (non-hydrogen) atoms. The Bertz CT molecular complexity index is 1120. The lowest BCUT2D eigenvalue weighted by Gasteiger charge is -2.20. The second-order valence-electron chi connectivity index (χ2n) is 7.23. The Kier molecular flexibility index (Phi) is 7.52. The molecular formula is C23H27ClN4O3. The molecule has 164 valence electrons. The van der Waals surface area contributed by atoms with Crippen LogP contribution in [0.2, 0.25) is 5.02 Å². The van der Waals surface area contributed by atoms with Gasteiger partial charge in [-0.25, -0.2) is 4.79 Å². The van der Waals surface area contributed by atoms with Crippen LogP contribution >= 0.6 is 11.6 Å². The van der Waals surface area contributed by atoms with E-state index in [2.05, 4.69) is 5.32 Å². The quantitative estimate of drug-likeness (QED) is 0.553. The lowest BCUT2D eigenvalue weighted by molar-refractivity contribution is -0.136. The van der Waals surface area contributed by atoms with Gasteiger partial charge in [0.25, 0.3) is 0 Å². The molecule has 0 fully saturated rings. The predicted octanol–water partition coefficient (Wildman–Crippen LogP) is 3.03. The van der Waals surface area contributed by atoms with Crippen LogP contribution < -0.4 is 11.0 Å². The van der Waals surface area contributed by atoms with Crippen molar-refractivity contribution in [2.24, 2.45) is 0 Å². The molecule has 0 atom stereocenters. The van der Waals surface area contributed by atoms with Crippen LogP contribution in [0.4, 0.5) is 0 Å². The van der Waals surface area contributed by atoms with E-state index in [0.717, 1.165) is 16.6 Å². The van der Waals surface area contributed by atoms with Crippen molar-refractivity contribution < 1.29 is 9.59 Å². The summed E-state index contributed by atoms with van der Waals surface area (Å²) in [6.45, 7) is 5.36. The van der Waals surface area contributed by atoms with E-state index in [1.807, 2.05) is 50.2 Å². The summed E-state index contributed by atoms with van der Waals surface area (Å²) in [5.41, 5.74) is 2.47. The first-order valence-electron chi connectivity index (χ1n) is 10.4. The van der Waals surface area contributed by atoms with Gasteiger partial charge in [-0.05, 0) is 43.7 Å². The fourth-order valence-corrected chi connectivity index (χ4v) is 3.69. The second-order valence-corrected chi connectivity index (χ2v) is 7.66. The maximum Gasteiger partial charge on any atom is 0.329 e. The molecule has 0 radical (unpaired) electrons. The molecule has 0 unspecified atom stereocenters. The van der Waals surface area contributed by atoms with Crippen LogP contribution in [0.1, 0.15) is 25.8 Å². The molecule has 1 aromatic heterocycles. The molecule has 1 heterocycles. The number of para-hydroxylation sites is 2. The number of hydrogen-bond acceptors (Lipinski definition) is 3. The van der Waals surface area contributed by atoms with E-state index in [9.17, 15) is 14.4 Å². The van der Waals surface area contributed by atoms with E-state index in [0.29, 0.717) is 24.7 Å². The number of likely N-dealkylation sites (N-methyl/N-ethyl adjacent to an activating group) is 1. The maximum absolute atomic E-state index is 12.7. The Labute approximate surface area is 186 Å². The lowest BCUT2D eigenvalue weighted by atomic mass is 10.2. The summed E-state index contributed by atoms with van der Waals surface area (Å²) in [6, 6.07) is 14.8. The number of benzene rings is 2. The third kappa shape index (κ3) is 5.35. The maximum atomic E-state index is 12.7. The summed E-state index contributed by atoms with van der Waals surface area (Å²) in [7, 11) is 0. The zero-order chi connectivity index (χ0) is 22.4. The average Bonchev–Trinajstić information content (AvgIpc) is 3.05. The summed E-state index contributed by atoms with van der Waals surface area (Å²) in [6.07, 6.45) is 0.149. The van der Waals surface area contributed by atoms with Gasteiger partial charge in [-0.15, -0.1) is 0 Å². The number of fused-ring (bicyclic) bond motifs is 1. The molecule has 0 aliphatic carbocycles. The van der Waals surface area contributed by atoms with Crippen molar-refractivity contribution in [2.45, 2.75) is 39.9 Å². The smallest absolute Gasteiger partial charge is 0.329 e. The van der Waals surface area contributed by atoms with Crippen molar-refractivity contribution in [1.29, 1.82) is 0 Å². The number of carbonyl (C=O) groups excluding carboxylic acids is 2. The zero-order valence-corrected chi connectivity index (χ0v) is 18.6. The number of halogens is 1. The van der Waals surface area contributed by atoms with Gasteiger partial charge in [0.2, 0.25) is 11.8 Å². The second kappa shape index (κ2) is 10.3. The highest BCUT2D eigenvalue weighted by Crippen LogP contribution is 2.13. The molecule has 3 rings (SSSR count). The number of rotatable bonds is 9. The van der Waals surface area contributed by atoms with Crippen LogP contribution in [0.25, 0.3) is 11.0 Å². The van der Waals surface area contributed by atoms with Crippen molar-refractivity contribution in [2.75, 3.05) is 13.1 Å². The first-order chi connectivity index (χ1) is 14.9. The summed E-state index contributed by atoms with van der Waals surface area (Å²) in [4.78, 5) is 39.3. The molecular weight excluding hydrogens is 416 g/mol. The number of nitrogens with one attached hydrogen (secondary N) is 1. The minimum absolute atomic E-state index is 0.0193. The fourth-order valence-electron chi connectivity index (χ4n) is 3.57. The molecule has 1 N–H and O–H groups in total. The fraction of sp³-hybridized carbons (Fsp3) is 0.348. The van der Waals surface area contributed by atoms with Gasteiger partial charge in [0.05, 0.1) is 17.6 Å². The molecule has 0 spiro atoms. The van der Waals surface area contributed by atoms with Crippen molar-refractivity contribution >= 4 is 34.4 Å². The monoisotopic (exact) mass is 442 g/mol. The summed E-state index contributed by atoms with van der Waals surface area (Å²) >= 11 is 5.87. The summed E-state index contributed by atoms with van der Waals surface area (Å²) < 4.78 is 3.33. The minimum atomic E-state index is -0.232. The summed E-state index contributed by atoms with van der Waals surface area (Å²) in [5, 5.41) is 3.46. The van der Waals surface area contributed by atoms with E-state index in [1.54, 1.807) is 21.3 Å². The first kappa shape index (κ1) is 22.6. The highest BCUT2D eigenvalue weighted by Gasteiger charge is 2.18. The molecule has 0 saturated heterocycles. The number of aromatic nitrogens is 2. The van der Waals surface area contributed by atoms with E-state index in [4.69, 9.17) is 11.6 Å². The van der Waals surface area contributed by atoms with Gasteiger partial charge in [-0.3, -0.25) is 18.7 Å². The van der Waals surface area contributed by atoms with Gasteiger partial charge in [0.15, 0.2) is 0 Å². The third-order valence-corrected chi connectivity index (χ3v) is 5.51. The van der Waals surface area contributed by atoms with Gasteiger partial charge in [0, 0.05) is 37.6 Å². The van der Waals surface area contributed by atoms with Crippen molar-refractivity contribution in [3.63, 3.8) is 0 Å². The number of imidazole rings is 1. The SMILES string of the molecule is CCN(CC(=O)NCc1ccc(Cl)cc1)C(=O)CCn1c(=O)n(CC)c2ccccc21. The molecule has 0 aliphatic rings. The molecule has 0 aliphatic heterocycles. The topological polar surface area (TPSA) is 76.3 Å². The molecule has 7 nitrogen and oxygen atoms in total. The first-order valence-corrected chi connectivity index (χ1v) is 10.8. The van der Waals surface area contributed by atoms with Crippen molar-refractivity contribution in [3.05, 3.63) is 69.6 Å². The van der Waals surface area contributed by atoms with Crippen LogP contribution in [-0.2, 0) is 29.2 Å². The average molecular weight is 443 g/mol. The standard InChI is InChI=1S/C23H27ClN4O3/c1-3-26(16-21(29)25-15-17-9-11-18(24)12-10-17)22(30)13-14-28-20-8-6-5-7-19(20)27(4-2)23(28)31/h5-12H,3-4,13-16H2,1-2H3,(H,25,29). The Morgan fingerprint density at radius 1 is 1.00 bits per heavy atom. The Morgan fingerprint density at radius 3 is 2.26 bits per heavy atom. The molecule has 0 bridgehead atoms. The molecule has 2 amide bonds. The van der Waals surface area contributed by atoms with Gasteiger partial charge in [0.1, 0.15) is 0 Å². The summed E-state index contributed by atoms with van der Waals surface area (Å²) in [5.74, 6) is -0.394. The Balaban J connectivity index is 1.59. The van der Waals surface area contributed by atoms with Crippen LogP contribution in [0.5, 0.6) is 0 Å². The number of nitrogens with zero attached hydrogens (tertiary/aromatic N) is 3. The van der Waals surface area contributed by atoms with E-state index >= 15 is 0 Å². The van der Waals surface area contributed by atoms with Gasteiger partial charge in [-0.2, -0.15) is 0 Å². The largest absolute Gasteiger partial charge is 0.350 e. The van der Waals surface area contributed by atoms with Crippen LogP contribution in [0.15, 0.2) is 53.3 Å². The third-order valence-electron chi connectivity index (χ3n) is 5.26. The van der Waals surface area contributed by atoms with Crippen molar-refractivity contribution in [1.82, 2.24) is 19.4 Å². The highest BCUT2D eigenvalue weighted by atomic mass is 35.5. The minimum Gasteiger partial charge on any atom is -0.350 e. The Hall–Kier alpha value is -3.06. The van der Waals surface area contributed by atoms with Gasteiger partial charge >= 0.3 is 5.69 Å². The number of aryl methyl sites for hydroxylation is 2. The van der Waals surface area contributed by atoms with E-state index in [1.165, 1.54) is 4.90 Å². The number of hydrogen-bond donors (Lipinski definition) is 1. The highest BCUT2D eigenvalue weighted by molar-refractivity contribution is 6.30. The van der Waals surface area contributed by atoms with E-state index in [-0.39, 0.29) is 37.0 Å². The van der Waals surface area contributed by atoms with Crippen LogP contribution in [-0.4, -0.2) is 38.9 Å². The molecule has 3 aromatic rings. The normalized spacial score (nSPS) is 10.9. The number of amides is 2. The van der Waals surface area contributed by atoms with Crippen LogP contribution in [0.3, 0.4) is 0 Å². The van der Waals surface area contributed by atoms with E-state index < -0.39 is 0 Å². The van der Waals surface area contributed by atoms with Gasteiger partial charge < -0.3 is 10.2 Å². The van der Waals surface area contributed by atoms with Crippen LogP contribution in [0, 0.1) is 0 Å². The Morgan fingerprint density at radius 2 is 1.65 bits per heavy atom. The molecule has 0 saturated carbocycles. The molecule has 2 aromatic carbocycles. The lowest BCUT2D eigenvalue weighted by Crippen LogP contribution is -2.41. The predicted molar refractivity (Wildman–Crippen MR) is 122 cm³/mol. The van der Waals surface area contributed by atoms with Crippen molar-refractivity contribution in [3.8, 4) is 0 Å². The molecule has 8 heteroatoms. The zero-order valence-electron chi connectivity index (χ0n) is 17.8. The number of carbonyl (C=O) groups is 2. The van der Waals surface area contributed by atoms with Gasteiger partial charge in [-0.1, -0.05) is 35.9 Å².